The molecule has 0 radical (unpaired) electrons. The summed E-state index contributed by atoms with van der Waals surface area (Å²) in [7, 11) is -4.19. The summed E-state index contributed by atoms with van der Waals surface area (Å²) in [6, 6.07) is 29.9. The van der Waals surface area contributed by atoms with Crippen molar-refractivity contribution in [2.75, 3.05) is 17.5 Å². The summed E-state index contributed by atoms with van der Waals surface area (Å²) in [5, 5.41) is 3.26. The molecule has 5 rings (SSSR count). The highest BCUT2D eigenvalue weighted by Crippen LogP contribution is 2.28. The third-order valence-corrected chi connectivity index (χ3v) is 10.8. The molecule has 258 valence electrons. The van der Waals surface area contributed by atoms with Crippen molar-refractivity contribution in [3.63, 3.8) is 0 Å². The van der Waals surface area contributed by atoms with Crippen molar-refractivity contribution in [3.8, 4) is 5.75 Å². The van der Waals surface area contributed by atoms with E-state index in [1.165, 1.54) is 0 Å². The van der Waals surface area contributed by atoms with E-state index in [1.54, 1.807) is 53.4 Å². The molecular formula is C40H47N3O5S. The SMILES string of the molecule is CCOc1ccc(N(CC(=O)N(Cc2ccc(C)cc2)C(Cc2ccccc2)C(=O)NC2CCCCC2)S(=O)(=O)c2ccc(C)cc2)cc1. The molecular weight excluding hydrogens is 635 g/mol. The number of ether oxygens (including phenoxy) is 1. The molecule has 1 saturated carbocycles. The van der Waals surface area contributed by atoms with E-state index in [4.69, 9.17) is 4.74 Å². The highest BCUT2D eigenvalue weighted by Gasteiger charge is 2.35. The molecule has 0 aromatic heterocycles. The second-order valence-electron chi connectivity index (χ2n) is 12.8. The number of benzene rings is 4. The number of nitrogens with one attached hydrogen (secondary N) is 1. The van der Waals surface area contributed by atoms with Crippen molar-refractivity contribution < 1.29 is 22.7 Å². The fraction of sp³-hybridized carbons (Fsp3) is 0.350. The number of carbonyl (C=O) groups is 2. The molecule has 1 N–H and O–H groups in total. The minimum absolute atomic E-state index is 0.0399. The number of anilines is 1. The first kappa shape index (κ1) is 35.7. The topological polar surface area (TPSA) is 96.0 Å². The summed E-state index contributed by atoms with van der Waals surface area (Å²) in [6.45, 7) is 5.85. The molecule has 8 nitrogen and oxygen atoms in total. The van der Waals surface area contributed by atoms with Gasteiger partial charge in [-0.05, 0) is 81.1 Å². The molecule has 4 aromatic carbocycles. The van der Waals surface area contributed by atoms with Crippen LogP contribution in [0.5, 0.6) is 5.75 Å². The second kappa shape index (κ2) is 16.7. The summed E-state index contributed by atoms with van der Waals surface area (Å²) in [6.07, 6.45) is 5.33. The highest BCUT2D eigenvalue weighted by atomic mass is 32.2. The van der Waals surface area contributed by atoms with Crippen molar-refractivity contribution in [3.05, 3.63) is 125 Å². The van der Waals surface area contributed by atoms with Gasteiger partial charge in [-0.3, -0.25) is 13.9 Å². The predicted molar refractivity (Wildman–Crippen MR) is 194 cm³/mol. The van der Waals surface area contributed by atoms with Gasteiger partial charge in [-0.1, -0.05) is 97.1 Å². The lowest BCUT2D eigenvalue weighted by atomic mass is 9.94. The van der Waals surface area contributed by atoms with E-state index in [2.05, 4.69) is 5.32 Å². The smallest absolute Gasteiger partial charge is 0.264 e. The predicted octanol–water partition coefficient (Wildman–Crippen LogP) is 6.99. The molecule has 0 heterocycles. The van der Waals surface area contributed by atoms with E-state index in [1.807, 2.05) is 75.4 Å². The molecule has 1 aliphatic rings. The van der Waals surface area contributed by atoms with Crippen LogP contribution >= 0.6 is 0 Å². The molecule has 49 heavy (non-hydrogen) atoms. The van der Waals surface area contributed by atoms with E-state index >= 15 is 0 Å². The summed E-state index contributed by atoms with van der Waals surface area (Å²) >= 11 is 0. The number of nitrogens with zero attached hydrogens (tertiary/aromatic N) is 2. The lowest BCUT2D eigenvalue weighted by molar-refractivity contribution is -0.140. The van der Waals surface area contributed by atoms with Gasteiger partial charge in [0, 0.05) is 19.0 Å². The Morgan fingerprint density at radius 2 is 1.41 bits per heavy atom. The van der Waals surface area contributed by atoms with Crippen LogP contribution in [0.3, 0.4) is 0 Å². The first-order valence-electron chi connectivity index (χ1n) is 17.2. The molecule has 0 aliphatic heterocycles. The number of carbonyl (C=O) groups excluding carboxylic acids is 2. The average Bonchev–Trinajstić information content (AvgIpc) is 3.11. The Morgan fingerprint density at radius 3 is 2.02 bits per heavy atom. The summed E-state index contributed by atoms with van der Waals surface area (Å²) < 4.78 is 35.4. The van der Waals surface area contributed by atoms with E-state index in [9.17, 15) is 18.0 Å². The largest absolute Gasteiger partial charge is 0.494 e. The van der Waals surface area contributed by atoms with Crippen molar-refractivity contribution in [1.82, 2.24) is 10.2 Å². The van der Waals surface area contributed by atoms with Gasteiger partial charge in [0.05, 0.1) is 17.2 Å². The standard InChI is InChI=1S/C40H47N3O5S/c1-4-48-36-23-21-35(22-24-36)43(49(46,47)37-25-17-31(3)18-26-37)29-39(44)42(28-33-19-15-30(2)16-20-33)38(27-32-11-7-5-8-12-32)40(45)41-34-13-9-6-10-14-34/h5,7-8,11-12,15-26,34,38H,4,6,9-10,13-14,27-29H2,1-3H3,(H,41,45). The number of sulfonamides is 1. The minimum Gasteiger partial charge on any atom is -0.494 e. The molecule has 1 aliphatic carbocycles. The fourth-order valence-corrected chi connectivity index (χ4v) is 7.64. The lowest BCUT2D eigenvalue weighted by Gasteiger charge is -2.35. The van der Waals surface area contributed by atoms with E-state index < -0.39 is 28.5 Å². The maximum absolute atomic E-state index is 14.7. The third-order valence-electron chi connectivity index (χ3n) is 9.02. The van der Waals surface area contributed by atoms with Crippen molar-refractivity contribution in [1.29, 1.82) is 0 Å². The summed E-state index contributed by atoms with van der Waals surface area (Å²) in [5.74, 6) is -0.122. The van der Waals surface area contributed by atoms with E-state index in [0.29, 0.717) is 18.0 Å². The zero-order valence-electron chi connectivity index (χ0n) is 28.7. The Labute approximate surface area is 291 Å². The highest BCUT2D eigenvalue weighted by molar-refractivity contribution is 7.92. The number of hydrogen-bond donors (Lipinski definition) is 1. The van der Waals surface area contributed by atoms with Gasteiger partial charge in [-0.15, -0.1) is 0 Å². The molecule has 1 unspecified atom stereocenters. The van der Waals surface area contributed by atoms with Crippen LogP contribution < -0.4 is 14.4 Å². The molecule has 0 bridgehead atoms. The zero-order valence-corrected chi connectivity index (χ0v) is 29.5. The monoisotopic (exact) mass is 681 g/mol. The number of hydrogen-bond acceptors (Lipinski definition) is 5. The first-order valence-corrected chi connectivity index (χ1v) is 18.6. The maximum Gasteiger partial charge on any atom is 0.264 e. The third kappa shape index (κ3) is 9.50. The normalized spacial score (nSPS) is 14.1. The second-order valence-corrected chi connectivity index (χ2v) is 14.7. The average molecular weight is 682 g/mol. The van der Waals surface area contributed by atoms with Gasteiger partial charge < -0.3 is 15.0 Å². The van der Waals surface area contributed by atoms with Crippen molar-refractivity contribution in [2.24, 2.45) is 0 Å². The van der Waals surface area contributed by atoms with Crippen LogP contribution in [-0.2, 0) is 32.6 Å². The Morgan fingerprint density at radius 1 is 0.796 bits per heavy atom. The van der Waals surface area contributed by atoms with Crippen molar-refractivity contribution >= 4 is 27.5 Å². The molecule has 9 heteroatoms. The van der Waals surface area contributed by atoms with Gasteiger partial charge in [-0.2, -0.15) is 0 Å². The molecule has 2 amide bonds. The van der Waals surface area contributed by atoms with Gasteiger partial charge in [-0.25, -0.2) is 8.42 Å². The molecule has 1 atom stereocenters. The van der Waals surface area contributed by atoms with Crippen LogP contribution in [0, 0.1) is 13.8 Å². The van der Waals surface area contributed by atoms with E-state index in [-0.39, 0.29) is 29.8 Å². The Hall–Kier alpha value is -4.63. The van der Waals surface area contributed by atoms with Gasteiger partial charge in [0.1, 0.15) is 18.3 Å². The van der Waals surface area contributed by atoms with Crippen LogP contribution in [0.1, 0.15) is 61.3 Å². The van der Waals surface area contributed by atoms with Gasteiger partial charge >= 0.3 is 0 Å². The number of aryl methyl sites for hydroxylation is 2. The Balaban J connectivity index is 1.56. The quantitative estimate of drug-likeness (QED) is 0.155. The number of rotatable bonds is 14. The Bertz CT molecular complexity index is 1770. The summed E-state index contributed by atoms with van der Waals surface area (Å²) in [4.78, 5) is 30.6. The van der Waals surface area contributed by atoms with Crippen LogP contribution in [0.4, 0.5) is 5.69 Å². The Kier molecular flexibility index (Phi) is 12.1. The van der Waals surface area contributed by atoms with Gasteiger partial charge in [0.25, 0.3) is 10.0 Å². The zero-order chi connectivity index (χ0) is 34.8. The molecule has 1 fully saturated rings. The lowest BCUT2D eigenvalue weighted by Crippen LogP contribution is -2.55. The van der Waals surface area contributed by atoms with Crippen LogP contribution in [0.15, 0.2) is 108 Å². The van der Waals surface area contributed by atoms with Crippen LogP contribution in [-0.4, -0.2) is 50.4 Å². The molecule has 4 aromatic rings. The fourth-order valence-electron chi connectivity index (χ4n) is 6.23. The van der Waals surface area contributed by atoms with Gasteiger partial charge in [0.15, 0.2) is 0 Å². The maximum atomic E-state index is 14.7. The van der Waals surface area contributed by atoms with Crippen LogP contribution in [0.2, 0.25) is 0 Å². The molecule has 0 saturated heterocycles. The minimum atomic E-state index is -4.19. The van der Waals surface area contributed by atoms with Gasteiger partial charge in [0.2, 0.25) is 11.8 Å². The first-order chi connectivity index (χ1) is 23.6. The van der Waals surface area contributed by atoms with Crippen LogP contribution in [0.25, 0.3) is 0 Å². The summed E-state index contributed by atoms with van der Waals surface area (Å²) in [5.41, 5.74) is 4.06. The molecule has 0 spiro atoms. The number of amides is 2. The van der Waals surface area contributed by atoms with Crippen molar-refractivity contribution in [2.45, 2.75) is 82.8 Å². The van der Waals surface area contributed by atoms with E-state index in [0.717, 1.165) is 58.7 Å².